The molecule has 0 radical (unpaired) electrons. The Hall–Kier alpha value is -3.29. The van der Waals surface area contributed by atoms with E-state index in [2.05, 4.69) is 5.32 Å². The Morgan fingerprint density at radius 2 is 1.47 bits per heavy atom. The number of β-lactam (4-membered cyclic amide) rings is 1. The average Bonchev–Trinajstić information content (AvgIpc) is 2.74. The van der Waals surface area contributed by atoms with Crippen LogP contribution in [0.5, 0.6) is 5.75 Å². The molecule has 1 amide bonds. The van der Waals surface area contributed by atoms with Crippen LogP contribution in [0, 0.1) is 11.6 Å². The van der Waals surface area contributed by atoms with E-state index in [-0.39, 0.29) is 18.2 Å². The van der Waals surface area contributed by atoms with Gasteiger partial charge in [0.25, 0.3) is 0 Å². The van der Waals surface area contributed by atoms with Crippen molar-refractivity contribution in [1.29, 1.82) is 0 Å². The van der Waals surface area contributed by atoms with Crippen LogP contribution in [0.15, 0.2) is 72.8 Å². The largest absolute Gasteiger partial charge is 0.508 e. The van der Waals surface area contributed by atoms with Gasteiger partial charge in [-0.1, -0.05) is 24.3 Å². The van der Waals surface area contributed by atoms with E-state index in [4.69, 9.17) is 0 Å². The number of hydrogen-bond donors (Lipinski definition) is 3. The second-order valence-corrected chi connectivity index (χ2v) is 7.17. The SMILES string of the molecule is O=C1[C@H](NC[C@@H](O)c2ccc(F)cc2)[C@@H](c2ccc(O)cc2)N1c1ccc(F)cc1. The molecule has 154 valence electrons. The minimum Gasteiger partial charge on any atom is -0.508 e. The Balaban J connectivity index is 1.55. The van der Waals surface area contributed by atoms with Crippen molar-refractivity contribution in [2.45, 2.75) is 18.2 Å². The van der Waals surface area contributed by atoms with Crippen LogP contribution >= 0.6 is 0 Å². The van der Waals surface area contributed by atoms with E-state index >= 15 is 0 Å². The van der Waals surface area contributed by atoms with Gasteiger partial charge in [0.05, 0.1) is 12.1 Å². The van der Waals surface area contributed by atoms with Crippen molar-refractivity contribution in [3.63, 3.8) is 0 Å². The first kappa shape index (κ1) is 20.0. The third-order valence-electron chi connectivity index (χ3n) is 5.22. The number of phenols is 1. The molecule has 1 aliphatic heterocycles. The summed E-state index contributed by atoms with van der Waals surface area (Å²) in [6.45, 7) is 0.0912. The van der Waals surface area contributed by atoms with E-state index in [0.717, 1.165) is 5.56 Å². The van der Waals surface area contributed by atoms with Gasteiger partial charge in [0, 0.05) is 12.2 Å². The lowest BCUT2D eigenvalue weighted by Crippen LogP contribution is -2.65. The molecule has 3 aromatic carbocycles. The number of halogens is 2. The molecule has 0 aromatic heterocycles. The molecular weight excluding hydrogens is 390 g/mol. The van der Waals surface area contributed by atoms with E-state index < -0.39 is 29.8 Å². The van der Waals surface area contributed by atoms with Crippen molar-refractivity contribution < 1.29 is 23.8 Å². The molecule has 4 rings (SSSR count). The molecule has 3 N–H and O–H groups in total. The summed E-state index contributed by atoms with van der Waals surface area (Å²) >= 11 is 0. The summed E-state index contributed by atoms with van der Waals surface area (Å²) in [6.07, 6.45) is -0.918. The van der Waals surface area contributed by atoms with Gasteiger partial charge in [0.1, 0.15) is 23.4 Å². The summed E-state index contributed by atoms with van der Waals surface area (Å²) in [5, 5.41) is 23.1. The molecule has 0 saturated carbocycles. The zero-order valence-electron chi connectivity index (χ0n) is 15.9. The molecule has 3 atom stereocenters. The summed E-state index contributed by atoms with van der Waals surface area (Å²) in [7, 11) is 0. The van der Waals surface area contributed by atoms with Crippen molar-refractivity contribution >= 4 is 11.6 Å². The van der Waals surface area contributed by atoms with Crippen LogP contribution in [0.4, 0.5) is 14.5 Å². The van der Waals surface area contributed by atoms with Gasteiger partial charge in [-0.05, 0) is 59.7 Å². The molecule has 5 nitrogen and oxygen atoms in total. The molecule has 7 heteroatoms. The standard InChI is InChI=1S/C23H20F2N2O3/c24-16-5-1-14(2-6-16)20(29)13-26-21-22(15-3-11-19(28)12-4-15)27(23(21)30)18-9-7-17(25)8-10-18/h1-12,20-22,26,28-29H,13H2/t20-,21-,22-/m1/s1. The molecule has 0 unspecified atom stereocenters. The fourth-order valence-corrected chi connectivity index (χ4v) is 3.63. The van der Waals surface area contributed by atoms with Gasteiger partial charge in [-0.2, -0.15) is 0 Å². The van der Waals surface area contributed by atoms with Gasteiger partial charge in [0.15, 0.2) is 0 Å². The predicted molar refractivity (Wildman–Crippen MR) is 108 cm³/mol. The van der Waals surface area contributed by atoms with Crippen LogP contribution < -0.4 is 10.2 Å². The van der Waals surface area contributed by atoms with Crippen LogP contribution in [0.3, 0.4) is 0 Å². The lowest BCUT2D eigenvalue weighted by atomic mass is 9.87. The number of aliphatic hydroxyl groups is 1. The predicted octanol–water partition coefficient (Wildman–Crippen LogP) is 3.45. The molecule has 1 aliphatic rings. The second-order valence-electron chi connectivity index (χ2n) is 7.17. The first-order valence-electron chi connectivity index (χ1n) is 9.48. The van der Waals surface area contributed by atoms with Gasteiger partial charge >= 0.3 is 0 Å². The fraction of sp³-hybridized carbons (Fsp3) is 0.174. The normalized spacial score (nSPS) is 19.4. The third kappa shape index (κ3) is 3.90. The van der Waals surface area contributed by atoms with Crippen LogP contribution in [0.25, 0.3) is 0 Å². The van der Waals surface area contributed by atoms with E-state index in [9.17, 15) is 23.8 Å². The lowest BCUT2D eigenvalue weighted by molar-refractivity contribution is -0.127. The molecule has 30 heavy (non-hydrogen) atoms. The molecule has 0 bridgehead atoms. The highest BCUT2D eigenvalue weighted by Crippen LogP contribution is 2.39. The monoisotopic (exact) mass is 410 g/mol. The molecule has 1 saturated heterocycles. The summed E-state index contributed by atoms with van der Waals surface area (Å²) < 4.78 is 26.4. The number of rotatable bonds is 6. The topological polar surface area (TPSA) is 72.8 Å². The smallest absolute Gasteiger partial charge is 0.247 e. The molecule has 0 spiro atoms. The minimum atomic E-state index is -0.918. The zero-order valence-corrected chi connectivity index (χ0v) is 15.9. The Kier molecular flexibility index (Phi) is 5.48. The number of nitrogens with one attached hydrogen (secondary N) is 1. The zero-order chi connectivity index (χ0) is 21.3. The number of carbonyl (C=O) groups excluding carboxylic acids is 1. The molecule has 3 aromatic rings. The number of aromatic hydroxyl groups is 1. The maximum atomic E-state index is 13.3. The first-order valence-corrected chi connectivity index (χ1v) is 9.48. The average molecular weight is 410 g/mol. The molecule has 0 aliphatic carbocycles. The number of aliphatic hydroxyl groups excluding tert-OH is 1. The van der Waals surface area contributed by atoms with Crippen molar-refractivity contribution in [3.05, 3.63) is 95.6 Å². The van der Waals surface area contributed by atoms with Gasteiger partial charge in [-0.15, -0.1) is 0 Å². The van der Waals surface area contributed by atoms with Gasteiger partial charge in [0.2, 0.25) is 5.91 Å². The summed E-state index contributed by atoms with van der Waals surface area (Å²) in [4.78, 5) is 14.4. The third-order valence-corrected chi connectivity index (χ3v) is 5.22. The highest BCUT2D eigenvalue weighted by atomic mass is 19.1. The number of phenolic OH excluding ortho intramolecular Hbond substituents is 1. The van der Waals surface area contributed by atoms with E-state index in [0.29, 0.717) is 11.3 Å². The van der Waals surface area contributed by atoms with Crippen LogP contribution in [-0.2, 0) is 4.79 Å². The van der Waals surface area contributed by atoms with Crippen molar-refractivity contribution in [2.24, 2.45) is 0 Å². The number of benzene rings is 3. The quantitative estimate of drug-likeness (QED) is 0.545. The van der Waals surface area contributed by atoms with Crippen molar-refractivity contribution in [3.8, 4) is 5.75 Å². The maximum Gasteiger partial charge on any atom is 0.247 e. The highest BCUT2D eigenvalue weighted by molar-refractivity contribution is 6.05. The number of amides is 1. The number of anilines is 1. The fourth-order valence-electron chi connectivity index (χ4n) is 3.63. The van der Waals surface area contributed by atoms with Crippen LogP contribution in [-0.4, -0.2) is 28.7 Å². The Morgan fingerprint density at radius 1 is 0.900 bits per heavy atom. The number of nitrogens with zero attached hydrogens (tertiary/aromatic N) is 1. The van der Waals surface area contributed by atoms with E-state index in [1.165, 1.54) is 60.7 Å². The molecule has 1 fully saturated rings. The molecule has 1 heterocycles. The van der Waals surface area contributed by atoms with Crippen molar-refractivity contribution in [2.75, 3.05) is 11.4 Å². The Morgan fingerprint density at radius 3 is 2.07 bits per heavy atom. The highest BCUT2D eigenvalue weighted by Gasteiger charge is 2.48. The number of hydrogen-bond acceptors (Lipinski definition) is 4. The van der Waals surface area contributed by atoms with Crippen LogP contribution in [0.1, 0.15) is 23.3 Å². The second kappa shape index (κ2) is 8.22. The van der Waals surface area contributed by atoms with Gasteiger partial charge in [-0.3, -0.25) is 4.79 Å². The van der Waals surface area contributed by atoms with Crippen molar-refractivity contribution in [1.82, 2.24) is 5.32 Å². The van der Waals surface area contributed by atoms with Crippen LogP contribution in [0.2, 0.25) is 0 Å². The summed E-state index contributed by atoms with van der Waals surface area (Å²) in [5.74, 6) is -0.902. The van der Waals surface area contributed by atoms with E-state index in [1.807, 2.05) is 0 Å². The first-order chi connectivity index (χ1) is 14.4. The lowest BCUT2D eigenvalue weighted by Gasteiger charge is -2.48. The van der Waals surface area contributed by atoms with Gasteiger partial charge in [-0.25, -0.2) is 8.78 Å². The summed E-state index contributed by atoms with van der Waals surface area (Å²) in [5.41, 5.74) is 1.87. The molecular formula is C23H20F2N2O3. The summed E-state index contributed by atoms with van der Waals surface area (Å²) in [6, 6.07) is 16.6. The van der Waals surface area contributed by atoms with E-state index in [1.54, 1.807) is 17.0 Å². The minimum absolute atomic E-state index is 0.0912. The Bertz CT molecular complexity index is 1020. The Labute approximate surface area is 172 Å². The van der Waals surface area contributed by atoms with Gasteiger partial charge < -0.3 is 20.4 Å². The number of carbonyl (C=O) groups is 1. The maximum absolute atomic E-state index is 13.3.